The normalized spacial score (nSPS) is 12.5. The monoisotopic (exact) mass is 179 g/mol. The highest BCUT2D eigenvalue weighted by atomic mass is 16.5. The number of ether oxygens (including phenoxy) is 1. The summed E-state index contributed by atoms with van der Waals surface area (Å²) < 4.78 is 5.48. The van der Waals surface area contributed by atoms with Crippen LogP contribution in [-0.4, -0.2) is 13.2 Å². The molecule has 71 valence electrons. The number of benzene rings is 1. The van der Waals surface area contributed by atoms with Crippen LogP contribution < -0.4 is 4.74 Å². The number of rotatable bonds is 5. The van der Waals surface area contributed by atoms with E-state index in [1.807, 2.05) is 37.3 Å². The lowest BCUT2D eigenvalue weighted by Gasteiger charge is -2.10. The molecular weight excluding hydrogens is 164 g/mol. The van der Waals surface area contributed by atoms with Crippen LogP contribution in [0.15, 0.2) is 30.3 Å². The number of para-hydroxylation sites is 1. The molecule has 1 rings (SSSR count). The lowest BCUT2D eigenvalue weighted by Crippen LogP contribution is -2.09. The van der Waals surface area contributed by atoms with Crippen LogP contribution in [0.5, 0.6) is 5.75 Å². The second-order valence-corrected chi connectivity index (χ2v) is 3.22. The van der Waals surface area contributed by atoms with E-state index in [9.17, 15) is 5.11 Å². The summed E-state index contributed by atoms with van der Waals surface area (Å²) in [5.41, 5.74) is 0. The molecule has 2 heteroatoms. The third kappa shape index (κ3) is 3.95. The minimum atomic E-state index is -0.0146. The van der Waals surface area contributed by atoms with Gasteiger partial charge in [0.05, 0.1) is 13.2 Å². The molecule has 0 aliphatic heterocycles. The summed E-state index contributed by atoms with van der Waals surface area (Å²) >= 11 is 0. The van der Waals surface area contributed by atoms with Crippen LogP contribution in [-0.2, 0) is 5.11 Å². The predicted octanol–water partition coefficient (Wildman–Crippen LogP) is 2.52. The molecule has 0 spiro atoms. The Hall–Kier alpha value is -1.02. The van der Waals surface area contributed by atoms with Crippen LogP contribution in [0.25, 0.3) is 0 Å². The molecule has 1 aromatic carbocycles. The van der Waals surface area contributed by atoms with Gasteiger partial charge in [0.1, 0.15) is 5.75 Å². The van der Waals surface area contributed by atoms with Gasteiger partial charge in [0, 0.05) is 0 Å². The molecule has 0 amide bonds. The van der Waals surface area contributed by atoms with Crippen LogP contribution in [0, 0.1) is 5.92 Å². The van der Waals surface area contributed by atoms with Gasteiger partial charge in [-0.15, -0.1) is 0 Å². The van der Waals surface area contributed by atoms with Gasteiger partial charge in [-0.3, -0.25) is 0 Å². The van der Waals surface area contributed by atoms with Gasteiger partial charge in [-0.25, -0.2) is 5.11 Å². The van der Waals surface area contributed by atoms with E-state index in [2.05, 4.69) is 0 Å². The maximum Gasteiger partial charge on any atom is 0.119 e. The topological polar surface area (TPSA) is 29.1 Å². The summed E-state index contributed by atoms with van der Waals surface area (Å²) in [6.45, 7) is 2.65. The van der Waals surface area contributed by atoms with Gasteiger partial charge in [-0.2, -0.15) is 0 Å². The van der Waals surface area contributed by atoms with E-state index in [4.69, 9.17) is 4.74 Å². The van der Waals surface area contributed by atoms with Crippen molar-refractivity contribution >= 4 is 0 Å². The van der Waals surface area contributed by atoms with Crippen molar-refractivity contribution in [3.05, 3.63) is 30.3 Å². The fourth-order valence-corrected chi connectivity index (χ4v) is 1.04. The van der Waals surface area contributed by atoms with Crippen molar-refractivity contribution in [3.63, 3.8) is 0 Å². The summed E-state index contributed by atoms with van der Waals surface area (Å²) in [4.78, 5) is 0. The van der Waals surface area contributed by atoms with Crippen molar-refractivity contribution in [3.8, 4) is 5.75 Å². The lowest BCUT2D eigenvalue weighted by molar-refractivity contribution is 0.154. The summed E-state index contributed by atoms with van der Waals surface area (Å²) in [6.07, 6.45) is 0.687. The van der Waals surface area contributed by atoms with Crippen LogP contribution in [0.4, 0.5) is 0 Å². The van der Waals surface area contributed by atoms with E-state index in [0.717, 1.165) is 5.75 Å². The molecule has 0 saturated heterocycles. The zero-order chi connectivity index (χ0) is 9.52. The molecule has 0 heterocycles. The molecular formula is C11H15O2. The maximum absolute atomic E-state index is 10.3. The Morgan fingerprint density at radius 2 is 2.00 bits per heavy atom. The first-order valence-electron chi connectivity index (χ1n) is 4.59. The molecule has 0 fully saturated rings. The van der Waals surface area contributed by atoms with Crippen LogP contribution in [0.3, 0.4) is 0 Å². The maximum atomic E-state index is 10.3. The van der Waals surface area contributed by atoms with Gasteiger partial charge in [-0.1, -0.05) is 25.1 Å². The van der Waals surface area contributed by atoms with Crippen molar-refractivity contribution < 1.29 is 9.84 Å². The summed E-state index contributed by atoms with van der Waals surface area (Å²) in [5.74, 6) is 1.22. The van der Waals surface area contributed by atoms with E-state index < -0.39 is 0 Å². The third-order valence-electron chi connectivity index (χ3n) is 1.89. The molecule has 1 atom stereocenters. The van der Waals surface area contributed by atoms with Crippen LogP contribution in [0.1, 0.15) is 13.3 Å². The van der Waals surface area contributed by atoms with Gasteiger partial charge in [0.15, 0.2) is 0 Å². The van der Waals surface area contributed by atoms with E-state index in [0.29, 0.717) is 18.9 Å². The molecule has 0 aliphatic carbocycles. The highest BCUT2D eigenvalue weighted by Gasteiger charge is 2.01. The standard InChI is InChI=1S/C11H15O2/c1-10(7-8-12)9-13-11-5-3-2-4-6-11/h2-6,10H,7-9H2,1H3. The molecule has 13 heavy (non-hydrogen) atoms. The molecule has 0 bridgehead atoms. The number of hydrogen-bond acceptors (Lipinski definition) is 1. The zero-order valence-electron chi connectivity index (χ0n) is 7.90. The Labute approximate surface area is 79.2 Å². The Morgan fingerprint density at radius 1 is 1.31 bits per heavy atom. The smallest absolute Gasteiger partial charge is 0.119 e. The Bertz CT molecular complexity index is 221. The summed E-state index contributed by atoms with van der Waals surface area (Å²) in [6, 6.07) is 9.67. The van der Waals surface area contributed by atoms with Crippen LogP contribution >= 0.6 is 0 Å². The van der Waals surface area contributed by atoms with Crippen molar-refractivity contribution in [2.75, 3.05) is 13.2 Å². The highest BCUT2D eigenvalue weighted by Crippen LogP contribution is 2.10. The fraction of sp³-hybridized carbons (Fsp3) is 0.455. The Balaban J connectivity index is 2.27. The van der Waals surface area contributed by atoms with Crippen molar-refractivity contribution in [2.45, 2.75) is 13.3 Å². The van der Waals surface area contributed by atoms with Crippen molar-refractivity contribution in [1.82, 2.24) is 0 Å². The zero-order valence-corrected chi connectivity index (χ0v) is 7.90. The second-order valence-electron chi connectivity index (χ2n) is 3.22. The molecule has 1 aromatic rings. The van der Waals surface area contributed by atoms with E-state index >= 15 is 0 Å². The minimum Gasteiger partial charge on any atom is -0.493 e. The van der Waals surface area contributed by atoms with Crippen molar-refractivity contribution in [2.24, 2.45) is 5.92 Å². The summed E-state index contributed by atoms with van der Waals surface area (Å²) in [7, 11) is 0. The lowest BCUT2D eigenvalue weighted by atomic mass is 10.1. The Kier molecular flexibility index (Phi) is 4.33. The molecule has 0 aromatic heterocycles. The molecule has 0 aliphatic rings. The molecule has 0 saturated carbocycles. The minimum absolute atomic E-state index is 0.0146. The first kappa shape index (κ1) is 10.1. The average molecular weight is 179 g/mol. The van der Waals surface area contributed by atoms with E-state index in [1.165, 1.54) is 0 Å². The SMILES string of the molecule is CC(CC[O])COc1ccccc1. The van der Waals surface area contributed by atoms with E-state index in [1.54, 1.807) is 0 Å². The molecule has 1 radical (unpaired) electrons. The molecule has 0 N–H and O–H groups in total. The van der Waals surface area contributed by atoms with Crippen molar-refractivity contribution in [1.29, 1.82) is 0 Å². The average Bonchev–Trinajstić information content (AvgIpc) is 2.17. The molecule has 2 nitrogen and oxygen atoms in total. The van der Waals surface area contributed by atoms with Gasteiger partial charge in [0.2, 0.25) is 0 Å². The van der Waals surface area contributed by atoms with Gasteiger partial charge in [-0.05, 0) is 24.5 Å². The first-order chi connectivity index (χ1) is 6.33. The van der Waals surface area contributed by atoms with E-state index in [-0.39, 0.29) is 6.61 Å². The highest BCUT2D eigenvalue weighted by molar-refractivity contribution is 5.20. The second kappa shape index (κ2) is 5.60. The predicted molar refractivity (Wildman–Crippen MR) is 51.3 cm³/mol. The number of hydrogen-bond donors (Lipinski definition) is 0. The largest absolute Gasteiger partial charge is 0.493 e. The fourth-order valence-electron chi connectivity index (χ4n) is 1.04. The van der Waals surface area contributed by atoms with Gasteiger partial charge < -0.3 is 4.74 Å². The Morgan fingerprint density at radius 3 is 2.62 bits per heavy atom. The molecule has 1 unspecified atom stereocenters. The first-order valence-corrected chi connectivity index (χ1v) is 4.59. The summed E-state index contributed by atoms with van der Waals surface area (Å²) in [5, 5.41) is 10.3. The van der Waals surface area contributed by atoms with Gasteiger partial charge >= 0.3 is 0 Å². The van der Waals surface area contributed by atoms with Gasteiger partial charge in [0.25, 0.3) is 0 Å². The third-order valence-corrected chi connectivity index (χ3v) is 1.89. The van der Waals surface area contributed by atoms with Crippen LogP contribution in [0.2, 0.25) is 0 Å². The quantitative estimate of drug-likeness (QED) is 0.682.